The van der Waals surface area contributed by atoms with Gasteiger partial charge >= 0.3 is 0 Å². The zero-order valence-electron chi connectivity index (χ0n) is 6.52. The maximum atomic E-state index is 5.21. The van der Waals surface area contributed by atoms with Gasteiger partial charge in [0.15, 0.2) is 0 Å². The molecule has 2 nitrogen and oxygen atoms in total. The second-order valence-corrected chi connectivity index (χ2v) is 2.00. The summed E-state index contributed by atoms with van der Waals surface area (Å²) in [6.07, 6.45) is 1.38. The minimum absolute atomic E-state index is 0.330. The molecule has 0 radical (unpaired) electrons. The highest BCUT2D eigenvalue weighted by molar-refractivity contribution is 4.40. The third-order valence-corrected chi connectivity index (χ3v) is 1.21. The van der Waals surface area contributed by atoms with Gasteiger partial charge in [-0.1, -0.05) is 6.92 Å². The molecule has 0 amide bonds. The van der Waals surface area contributed by atoms with E-state index in [1.807, 2.05) is 13.8 Å². The summed E-state index contributed by atoms with van der Waals surface area (Å²) in [4.78, 5) is 0. The van der Waals surface area contributed by atoms with Gasteiger partial charge in [0.05, 0.1) is 6.10 Å². The molecule has 2 heteroatoms. The maximum Gasteiger partial charge on any atom is 0.147 e. The van der Waals surface area contributed by atoms with Gasteiger partial charge in [0.25, 0.3) is 0 Å². The van der Waals surface area contributed by atoms with Crippen molar-refractivity contribution in [2.45, 2.75) is 33.3 Å². The highest BCUT2D eigenvalue weighted by Gasteiger charge is 1.95. The molecule has 0 bridgehead atoms. The Morgan fingerprint density at radius 1 is 1.33 bits per heavy atom. The van der Waals surface area contributed by atoms with E-state index in [0.717, 1.165) is 13.0 Å². The second-order valence-electron chi connectivity index (χ2n) is 2.00. The first-order valence-corrected chi connectivity index (χ1v) is 3.50. The van der Waals surface area contributed by atoms with Gasteiger partial charge in [0.1, 0.15) is 6.79 Å². The Kier molecular flexibility index (Phi) is 5.99. The molecular formula is C7H16O2. The Balaban J connectivity index is 2.88. The van der Waals surface area contributed by atoms with Crippen molar-refractivity contribution in [3.8, 4) is 0 Å². The predicted molar refractivity (Wildman–Crippen MR) is 37.3 cm³/mol. The van der Waals surface area contributed by atoms with Crippen LogP contribution < -0.4 is 0 Å². The lowest BCUT2D eigenvalue weighted by atomic mass is 10.3. The SMILES string of the molecule is CCOCOC(C)CC. The summed E-state index contributed by atoms with van der Waals surface area (Å²) in [5, 5.41) is 0. The van der Waals surface area contributed by atoms with Crippen LogP contribution in [0.3, 0.4) is 0 Å². The average Bonchev–Trinajstić information content (AvgIpc) is 1.89. The average molecular weight is 132 g/mol. The molecular weight excluding hydrogens is 116 g/mol. The largest absolute Gasteiger partial charge is 0.356 e. The van der Waals surface area contributed by atoms with Crippen LogP contribution in [-0.4, -0.2) is 19.5 Å². The number of rotatable bonds is 5. The molecule has 0 spiro atoms. The summed E-state index contributed by atoms with van der Waals surface area (Å²) >= 11 is 0. The molecule has 0 heterocycles. The Bertz CT molecular complexity index is 54.9. The fraction of sp³-hybridized carbons (Fsp3) is 1.00. The number of hydrogen-bond acceptors (Lipinski definition) is 2. The summed E-state index contributed by atoms with van der Waals surface area (Å²) < 4.78 is 10.2. The van der Waals surface area contributed by atoms with Gasteiger partial charge in [0.2, 0.25) is 0 Å². The van der Waals surface area contributed by atoms with Crippen LogP contribution in [0.1, 0.15) is 27.2 Å². The molecule has 0 aromatic heterocycles. The first kappa shape index (κ1) is 8.92. The quantitative estimate of drug-likeness (QED) is 0.419. The van der Waals surface area contributed by atoms with Crippen LogP contribution in [0.25, 0.3) is 0 Å². The van der Waals surface area contributed by atoms with E-state index in [-0.39, 0.29) is 0 Å². The molecule has 0 aromatic rings. The van der Waals surface area contributed by atoms with Gasteiger partial charge in [-0.3, -0.25) is 0 Å². The van der Waals surface area contributed by atoms with Crippen LogP contribution >= 0.6 is 0 Å². The van der Waals surface area contributed by atoms with Crippen molar-refractivity contribution in [2.75, 3.05) is 13.4 Å². The second kappa shape index (κ2) is 6.05. The van der Waals surface area contributed by atoms with Crippen molar-refractivity contribution in [1.82, 2.24) is 0 Å². The summed E-state index contributed by atoms with van der Waals surface area (Å²) in [5.74, 6) is 0. The van der Waals surface area contributed by atoms with Crippen LogP contribution in [0, 0.1) is 0 Å². The third kappa shape index (κ3) is 5.80. The van der Waals surface area contributed by atoms with E-state index in [1.54, 1.807) is 0 Å². The molecule has 0 saturated heterocycles. The molecule has 1 atom stereocenters. The molecule has 0 N–H and O–H groups in total. The zero-order chi connectivity index (χ0) is 7.11. The van der Waals surface area contributed by atoms with E-state index >= 15 is 0 Å². The lowest BCUT2D eigenvalue weighted by molar-refractivity contribution is -0.0809. The van der Waals surface area contributed by atoms with Gasteiger partial charge in [0, 0.05) is 6.61 Å². The highest BCUT2D eigenvalue weighted by Crippen LogP contribution is 1.94. The van der Waals surface area contributed by atoms with Crippen molar-refractivity contribution in [3.63, 3.8) is 0 Å². The zero-order valence-corrected chi connectivity index (χ0v) is 6.52. The first-order chi connectivity index (χ1) is 4.31. The summed E-state index contributed by atoms with van der Waals surface area (Å²) in [6.45, 7) is 7.26. The van der Waals surface area contributed by atoms with Gasteiger partial charge < -0.3 is 9.47 Å². The molecule has 0 saturated carbocycles. The van der Waals surface area contributed by atoms with Crippen molar-refractivity contribution in [3.05, 3.63) is 0 Å². The first-order valence-electron chi connectivity index (χ1n) is 3.50. The van der Waals surface area contributed by atoms with Crippen molar-refractivity contribution >= 4 is 0 Å². The summed E-state index contributed by atoms with van der Waals surface area (Å²) in [6, 6.07) is 0. The minimum Gasteiger partial charge on any atom is -0.356 e. The van der Waals surface area contributed by atoms with E-state index in [1.165, 1.54) is 0 Å². The standard InChI is InChI=1S/C7H16O2/c1-4-7(3)9-6-8-5-2/h7H,4-6H2,1-3H3. The topological polar surface area (TPSA) is 18.5 Å². The van der Waals surface area contributed by atoms with Crippen LogP contribution in [0.5, 0.6) is 0 Å². The predicted octanol–water partition coefficient (Wildman–Crippen LogP) is 1.80. The molecule has 56 valence electrons. The van der Waals surface area contributed by atoms with E-state index in [2.05, 4.69) is 6.92 Å². The van der Waals surface area contributed by atoms with Crippen molar-refractivity contribution in [1.29, 1.82) is 0 Å². The van der Waals surface area contributed by atoms with Crippen LogP contribution in [0.2, 0.25) is 0 Å². The molecule has 0 rings (SSSR count). The molecule has 0 aliphatic heterocycles. The van der Waals surface area contributed by atoms with Gasteiger partial charge in [-0.25, -0.2) is 0 Å². The van der Waals surface area contributed by atoms with Crippen LogP contribution in [0.15, 0.2) is 0 Å². The van der Waals surface area contributed by atoms with Gasteiger partial charge in [-0.2, -0.15) is 0 Å². The maximum absolute atomic E-state index is 5.21. The monoisotopic (exact) mass is 132 g/mol. The van der Waals surface area contributed by atoms with E-state index in [4.69, 9.17) is 9.47 Å². The van der Waals surface area contributed by atoms with Gasteiger partial charge in [-0.15, -0.1) is 0 Å². The Hall–Kier alpha value is -0.0800. The molecule has 0 aliphatic carbocycles. The molecule has 0 aliphatic rings. The molecule has 0 aromatic carbocycles. The smallest absolute Gasteiger partial charge is 0.147 e. The lowest BCUT2D eigenvalue weighted by Crippen LogP contribution is -2.09. The Morgan fingerprint density at radius 3 is 2.44 bits per heavy atom. The van der Waals surface area contributed by atoms with Crippen molar-refractivity contribution in [2.24, 2.45) is 0 Å². The Labute approximate surface area is 57.2 Å². The molecule has 1 unspecified atom stereocenters. The fourth-order valence-corrected chi connectivity index (χ4v) is 0.365. The summed E-state index contributed by atoms with van der Waals surface area (Å²) in [5.41, 5.74) is 0. The Morgan fingerprint density at radius 2 is 2.00 bits per heavy atom. The molecule has 0 fully saturated rings. The van der Waals surface area contributed by atoms with Crippen molar-refractivity contribution < 1.29 is 9.47 Å². The van der Waals surface area contributed by atoms with E-state index in [0.29, 0.717) is 12.9 Å². The fourth-order valence-electron chi connectivity index (χ4n) is 0.365. The molecule has 9 heavy (non-hydrogen) atoms. The van der Waals surface area contributed by atoms with E-state index < -0.39 is 0 Å². The number of ether oxygens (including phenoxy) is 2. The minimum atomic E-state index is 0.330. The summed E-state index contributed by atoms with van der Waals surface area (Å²) in [7, 11) is 0. The van der Waals surface area contributed by atoms with Gasteiger partial charge in [-0.05, 0) is 20.3 Å². The normalized spacial score (nSPS) is 13.7. The van der Waals surface area contributed by atoms with E-state index in [9.17, 15) is 0 Å². The number of hydrogen-bond donors (Lipinski definition) is 0. The third-order valence-electron chi connectivity index (χ3n) is 1.21. The van der Waals surface area contributed by atoms with Crippen LogP contribution in [-0.2, 0) is 9.47 Å². The lowest BCUT2D eigenvalue weighted by Gasteiger charge is -2.08. The highest BCUT2D eigenvalue weighted by atomic mass is 16.7. The van der Waals surface area contributed by atoms with Crippen LogP contribution in [0.4, 0.5) is 0 Å².